The molecule has 2 unspecified atom stereocenters. The number of hydrogen-bond donors (Lipinski definition) is 1. The van der Waals surface area contributed by atoms with Gasteiger partial charge in [-0.05, 0) is 31.2 Å². The predicted octanol–water partition coefficient (Wildman–Crippen LogP) is 4.83. The quantitative estimate of drug-likeness (QED) is 0.763. The Morgan fingerprint density at radius 3 is 2.45 bits per heavy atom. The van der Waals surface area contributed by atoms with Crippen LogP contribution in [0.15, 0.2) is 59.5 Å². The van der Waals surface area contributed by atoms with E-state index in [4.69, 9.17) is 0 Å². The minimum Gasteiger partial charge on any atom is -0.309 e. The van der Waals surface area contributed by atoms with E-state index in [-0.39, 0.29) is 0 Å². The molecule has 0 fully saturated rings. The van der Waals surface area contributed by atoms with E-state index in [9.17, 15) is 0 Å². The number of benzene rings is 2. The molecule has 2 atom stereocenters. The summed E-state index contributed by atoms with van der Waals surface area (Å²) in [5.74, 6) is 0. The zero-order valence-corrected chi connectivity index (χ0v) is 13.3. The Morgan fingerprint density at radius 1 is 1.05 bits per heavy atom. The normalized spacial score (nSPS) is 13.9. The summed E-state index contributed by atoms with van der Waals surface area (Å²) in [6.45, 7) is 7.60. The van der Waals surface area contributed by atoms with Crippen molar-refractivity contribution in [2.45, 2.75) is 37.0 Å². The van der Waals surface area contributed by atoms with E-state index in [0.717, 1.165) is 6.54 Å². The van der Waals surface area contributed by atoms with Gasteiger partial charge >= 0.3 is 0 Å². The van der Waals surface area contributed by atoms with Gasteiger partial charge in [0.2, 0.25) is 0 Å². The SMILES string of the molecule is CCNC(c1ccccc1)C(C)Sc1cccc(C)c1. The zero-order chi connectivity index (χ0) is 14.4. The fraction of sp³-hybridized carbons (Fsp3) is 0.333. The van der Waals surface area contributed by atoms with E-state index in [0.29, 0.717) is 11.3 Å². The predicted molar refractivity (Wildman–Crippen MR) is 89.4 cm³/mol. The second kappa shape index (κ2) is 7.51. The molecule has 0 saturated carbocycles. The summed E-state index contributed by atoms with van der Waals surface area (Å²) in [6.07, 6.45) is 0. The third-order valence-electron chi connectivity index (χ3n) is 3.36. The first-order valence-corrected chi connectivity index (χ1v) is 8.10. The summed E-state index contributed by atoms with van der Waals surface area (Å²) in [4.78, 5) is 1.34. The monoisotopic (exact) mass is 285 g/mol. The Labute approximate surface area is 126 Å². The van der Waals surface area contributed by atoms with Gasteiger partial charge in [-0.3, -0.25) is 0 Å². The summed E-state index contributed by atoms with van der Waals surface area (Å²) in [7, 11) is 0. The first-order valence-electron chi connectivity index (χ1n) is 7.22. The van der Waals surface area contributed by atoms with Gasteiger partial charge in [0.1, 0.15) is 0 Å². The lowest BCUT2D eigenvalue weighted by Crippen LogP contribution is -2.28. The highest BCUT2D eigenvalue weighted by Gasteiger charge is 2.19. The van der Waals surface area contributed by atoms with Crippen molar-refractivity contribution in [2.24, 2.45) is 0 Å². The van der Waals surface area contributed by atoms with E-state index in [2.05, 4.69) is 80.7 Å². The van der Waals surface area contributed by atoms with Crippen LogP contribution in [0.1, 0.15) is 31.0 Å². The van der Waals surface area contributed by atoms with Crippen LogP contribution in [-0.4, -0.2) is 11.8 Å². The van der Waals surface area contributed by atoms with E-state index in [1.807, 2.05) is 11.8 Å². The molecular formula is C18H23NS. The van der Waals surface area contributed by atoms with Crippen LogP contribution in [-0.2, 0) is 0 Å². The number of aryl methyl sites for hydroxylation is 1. The van der Waals surface area contributed by atoms with Crippen molar-refractivity contribution >= 4 is 11.8 Å². The second-order valence-electron chi connectivity index (χ2n) is 5.09. The summed E-state index contributed by atoms with van der Waals surface area (Å²) in [5.41, 5.74) is 2.68. The fourth-order valence-corrected chi connectivity index (χ4v) is 3.64. The molecule has 2 rings (SSSR count). The average molecular weight is 285 g/mol. The van der Waals surface area contributed by atoms with Gasteiger partial charge in [0.05, 0.1) is 0 Å². The van der Waals surface area contributed by atoms with Crippen LogP contribution in [0.3, 0.4) is 0 Å². The lowest BCUT2D eigenvalue weighted by Gasteiger charge is -2.25. The van der Waals surface area contributed by atoms with Crippen LogP contribution < -0.4 is 5.32 Å². The largest absolute Gasteiger partial charge is 0.309 e. The molecule has 0 spiro atoms. The van der Waals surface area contributed by atoms with Crippen LogP contribution in [0.25, 0.3) is 0 Å². The molecule has 20 heavy (non-hydrogen) atoms. The third-order valence-corrected chi connectivity index (χ3v) is 4.53. The maximum absolute atomic E-state index is 3.61. The number of thioether (sulfide) groups is 1. The maximum Gasteiger partial charge on any atom is 0.0441 e. The lowest BCUT2D eigenvalue weighted by molar-refractivity contribution is 0.548. The van der Waals surface area contributed by atoms with Crippen LogP contribution in [0.5, 0.6) is 0 Å². The van der Waals surface area contributed by atoms with E-state index < -0.39 is 0 Å². The van der Waals surface area contributed by atoms with Crippen LogP contribution >= 0.6 is 11.8 Å². The van der Waals surface area contributed by atoms with Crippen molar-refractivity contribution < 1.29 is 0 Å². The average Bonchev–Trinajstić information content (AvgIpc) is 2.45. The topological polar surface area (TPSA) is 12.0 Å². The van der Waals surface area contributed by atoms with Gasteiger partial charge in [0.15, 0.2) is 0 Å². The van der Waals surface area contributed by atoms with Crippen LogP contribution in [0.2, 0.25) is 0 Å². The Balaban J connectivity index is 2.13. The van der Waals surface area contributed by atoms with E-state index in [1.165, 1.54) is 16.0 Å². The number of hydrogen-bond acceptors (Lipinski definition) is 2. The highest BCUT2D eigenvalue weighted by atomic mass is 32.2. The lowest BCUT2D eigenvalue weighted by atomic mass is 10.0. The molecule has 0 aliphatic rings. The molecule has 2 aromatic rings. The minimum absolute atomic E-state index is 0.381. The Morgan fingerprint density at radius 2 is 1.80 bits per heavy atom. The molecule has 0 saturated heterocycles. The molecule has 0 amide bonds. The van der Waals surface area contributed by atoms with Crippen molar-refractivity contribution in [2.75, 3.05) is 6.54 Å². The summed E-state index contributed by atoms with van der Waals surface area (Å²) in [5, 5.41) is 4.10. The van der Waals surface area contributed by atoms with Gasteiger partial charge in [-0.15, -0.1) is 11.8 Å². The van der Waals surface area contributed by atoms with Gasteiger partial charge in [0, 0.05) is 16.2 Å². The zero-order valence-electron chi connectivity index (χ0n) is 12.5. The molecule has 0 aliphatic carbocycles. The number of rotatable bonds is 6. The molecule has 0 aromatic heterocycles. The molecule has 2 heteroatoms. The number of nitrogens with one attached hydrogen (secondary N) is 1. The Hall–Kier alpha value is -1.25. The molecule has 0 radical (unpaired) electrons. The highest BCUT2D eigenvalue weighted by Crippen LogP contribution is 2.32. The van der Waals surface area contributed by atoms with Crippen molar-refractivity contribution in [1.82, 2.24) is 5.32 Å². The minimum atomic E-state index is 0.381. The first kappa shape index (κ1) is 15.1. The molecule has 2 aromatic carbocycles. The van der Waals surface area contributed by atoms with Crippen LogP contribution in [0.4, 0.5) is 0 Å². The summed E-state index contributed by atoms with van der Waals surface area (Å²) in [6, 6.07) is 19.8. The van der Waals surface area contributed by atoms with Gasteiger partial charge < -0.3 is 5.32 Å². The fourth-order valence-electron chi connectivity index (χ4n) is 2.41. The van der Waals surface area contributed by atoms with Gasteiger partial charge in [-0.2, -0.15) is 0 Å². The summed E-state index contributed by atoms with van der Waals surface area (Å²) < 4.78 is 0. The van der Waals surface area contributed by atoms with Crippen molar-refractivity contribution in [1.29, 1.82) is 0 Å². The summed E-state index contributed by atoms with van der Waals surface area (Å²) >= 11 is 1.94. The molecule has 1 nitrogen and oxygen atoms in total. The van der Waals surface area contributed by atoms with Crippen molar-refractivity contribution in [3.63, 3.8) is 0 Å². The van der Waals surface area contributed by atoms with Gasteiger partial charge in [0.25, 0.3) is 0 Å². The van der Waals surface area contributed by atoms with Gasteiger partial charge in [-0.25, -0.2) is 0 Å². The van der Waals surface area contributed by atoms with Crippen LogP contribution in [0, 0.1) is 6.92 Å². The molecule has 0 bridgehead atoms. The van der Waals surface area contributed by atoms with Crippen molar-refractivity contribution in [3.8, 4) is 0 Å². The first-order chi connectivity index (χ1) is 9.70. The van der Waals surface area contributed by atoms with Crippen molar-refractivity contribution in [3.05, 3.63) is 65.7 Å². The smallest absolute Gasteiger partial charge is 0.0441 e. The maximum atomic E-state index is 3.61. The second-order valence-corrected chi connectivity index (χ2v) is 6.54. The Bertz CT molecular complexity index is 524. The molecule has 0 heterocycles. The molecular weight excluding hydrogens is 262 g/mol. The molecule has 1 N–H and O–H groups in total. The third kappa shape index (κ3) is 4.12. The van der Waals surface area contributed by atoms with Gasteiger partial charge in [-0.1, -0.05) is 61.9 Å². The highest BCUT2D eigenvalue weighted by molar-refractivity contribution is 8.00. The Kier molecular flexibility index (Phi) is 5.69. The molecule has 0 aliphatic heterocycles. The van der Waals surface area contributed by atoms with E-state index >= 15 is 0 Å². The molecule has 106 valence electrons. The van der Waals surface area contributed by atoms with E-state index in [1.54, 1.807) is 0 Å². The standard InChI is InChI=1S/C18H23NS/c1-4-19-18(16-10-6-5-7-11-16)15(3)20-17-12-8-9-14(2)13-17/h5-13,15,18-19H,4H2,1-3H3.